The Morgan fingerprint density at radius 3 is 1.35 bits per heavy atom. The van der Waals surface area contributed by atoms with Crippen LogP contribution in [-0.2, 0) is 0 Å². The highest BCUT2D eigenvalue weighted by atomic mass is 14.2. The van der Waals surface area contributed by atoms with E-state index in [1.165, 1.54) is 132 Å². The Kier molecular flexibility index (Phi) is 9.98. The van der Waals surface area contributed by atoms with Crippen LogP contribution in [0.25, 0.3) is 126 Å². The van der Waals surface area contributed by atoms with E-state index in [2.05, 4.69) is 262 Å². The maximum atomic E-state index is 2.46. The Morgan fingerprint density at radius 1 is 0.304 bits per heavy atom. The number of benzene rings is 12. The Labute approximate surface area is 403 Å². The highest BCUT2D eigenvalue weighted by Gasteiger charge is 2.22. The molecule has 0 N–H and O–H groups in total. The van der Waals surface area contributed by atoms with E-state index < -0.39 is 0 Å². The standard InChI is InChI=1S/C69H48/c1-45-18-16-24-49(36-45)56-41-57(51-26-17-25-50(37-51)55-39-53(46-19-4-2-5-20-46)38-54(40-55)47-21-6-3-7-22-47)43-58(42-56)68-62-30-12-14-32-64(62)69(65-33-15-13-31-63(65)68)66-44-52-35-34-48-23-8-9-27-59(48)67(52)61-29-11-10-28-60(61)66/h2-35,37-45H,36H2,1H3. The molecule has 0 amide bonds. The van der Waals surface area contributed by atoms with E-state index in [4.69, 9.17) is 0 Å². The van der Waals surface area contributed by atoms with E-state index in [1.807, 2.05) is 0 Å². The predicted octanol–water partition coefficient (Wildman–Crippen LogP) is 19.4. The zero-order valence-electron chi connectivity index (χ0n) is 38.5. The van der Waals surface area contributed by atoms with E-state index in [-0.39, 0.29) is 0 Å². The highest BCUT2D eigenvalue weighted by molar-refractivity contribution is 6.28. The molecule has 0 heterocycles. The van der Waals surface area contributed by atoms with Crippen molar-refractivity contribution in [3.05, 3.63) is 260 Å². The molecule has 0 nitrogen and oxygen atoms in total. The number of hydrogen-bond donors (Lipinski definition) is 0. The lowest BCUT2D eigenvalue weighted by molar-refractivity contribution is 0.749. The van der Waals surface area contributed by atoms with Crippen molar-refractivity contribution in [2.45, 2.75) is 13.3 Å². The molecule has 1 aliphatic carbocycles. The van der Waals surface area contributed by atoms with Gasteiger partial charge in [0.1, 0.15) is 0 Å². The van der Waals surface area contributed by atoms with Crippen LogP contribution in [0.1, 0.15) is 18.9 Å². The van der Waals surface area contributed by atoms with Gasteiger partial charge in [-0.25, -0.2) is 0 Å². The van der Waals surface area contributed by atoms with Gasteiger partial charge in [-0.3, -0.25) is 0 Å². The van der Waals surface area contributed by atoms with Gasteiger partial charge in [0.25, 0.3) is 0 Å². The number of fused-ring (bicyclic) bond motifs is 7. The maximum absolute atomic E-state index is 2.46. The summed E-state index contributed by atoms with van der Waals surface area (Å²) in [7, 11) is 0. The molecule has 0 heteroatoms. The number of rotatable bonds is 7. The average Bonchev–Trinajstić information content (AvgIpc) is 3.42. The van der Waals surface area contributed by atoms with Crippen LogP contribution in [-0.4, -0.2) is 0 Å². The Balaban J connectivity index is 1.03. The first-order valence-corrected chi connectivity index (χ1v) is 24.3. The van der Waals surface area contributed by atoms with Crippen LogP contribution < -0.4 is 0 Å². The maximum Gasteiger partial charge on any atom is -0.00199 e. The third-order valence-corrected chi connectivity index (χ3v) is 14.5. The van der Waals surface area contributed by atoms with Gasteiger partial charge in [-0.1, -0.05) is 213 Å². The Bertz CT molecular complexity index is 3920. The summed E-state index contributed by atoms with van der Waals surface area (Å²) in [5.74, 6) is 0.465. The lowest BCUT2D eigenvalue weighted by Gasteiger charge is -2.22. The Morgan fingerprint density at radius 2 is 0.739 bits per heavy atom. The molecule has 1 aliphatic rings. The monoisotopic (exact) mass is 876 g/mol. The summed E-state index contributed by atoms with van der Waals surface area (Å²) in [5, 5.41) is 12.7. The van der Waals surface area contributed by atoms with Crippen LogP contribution in [0, 0.1) is 5.92 Å². The molecule has 13 rings (SSSR count). The number of hydrogen-bond acceptors (Lipinski definition) is 0. The summed E-state index contributed by atoms with van der Waals surface area (Å²) < 4.78 is 0. The molecule has 0 fully saturated rings. The summed E-state index contributed by atoms with van der Waals surface area (Å²) in [5.41, 5.74) is 17.3. The average molecular weight is 877 g/mol. The summed E-state index contributed by atoms with van der Waals surface area (Å²) in [6, 6.07) is 88.2. The molecule has 0 bridgehead atoms. The smallest absolute Gasteiger partial charge is 0.00199 e. The van der Waals surface area contributed by atoms with Gasteiger partial charge in [0.05, 0.1) is 0 Å². The topological polar surface area (TPSA) is 0 Å². The molecule has 12 aromatic rings. The zero-order valence-corrected chi connectivity index (χ0v) is 38.5. The molecule has 12 aromatic carbocycles. The van der Waals surface area contributed by atoms with Gasteiger partial charge in [-0.05, 0) is 193 Å². The second-order valence-electron chi connectivity index (χ2n) is 18.9. The van der Waals surface area contributed by atoms with Crippen LogP contribution in [0.3, 0.4) is 0 Å². The van der Waals surface area contributed by atoms with Crippen LogP contribution in [0.4, 0.5) is 0 Å². The third-order valence-electron chi connectivity index (χ3n) is 14.5. The summed E-state index contributed by atoms with van der Waals surface area (Å²) in [4.78, 5) is 0. The van der Waals surface area contributed by atoms with Gasteiger partial charge in [0.15, 0.2) is 0 Å². The fourth-order valence-electron chi connectivity index (χ4n) is 11.3. The molecule has 0 radical (unpaired) electrons. The molecular weight excluding hydrogens is 829 g/mol. The van der Waals surface area contributed by atoms with E-state index in [9.17, 15) is 0 Å². The SMILES string of the molecule is CC1C=CC=C(c2cc(-c3cccc(-c4cc(-c5ccccc5)cc(-c5ccccc5)c4)c3)cc(-c3c4ccccc4c(-c4cc5ccc6ccccc6c5c5ccccc45)c4ccccc34)c2)C1. The molecular formula is C69H48. The van der Waals surface area contributed by atoms with Gasteiger partial charge < -0.3 is 0 Å². The van der Waals surface area contributed by atoms with Crippen molar-refractivity contribution in [1.82, 2.24) is 0 Å². The highest BCUT2D eigenvalue weighted by Crippen LogP contribution is 2.48. The lowest BCUT2D eigenvalue weighted by Crippen LogP contribution is -1.98. The molecule has 0 aromatic heterocycles. The van der Waals surface area contributed by atoms with Crippen LogP contribution in [0.15, 0.2) is 255 Å². The first kappa shape index (κ1) is 40.7. The first-order valence-electron chi connectivity index (χ1n) is 24.3. The van der Waals surface area contributed by atoms with Crippen LogP contribution in [0.5, 0.6) is 0 Å². The van der Waals surface area contributed by atoms with Crippen molar-refractivity contribution in [3.8, 4) is 66.8 Å². The molecule has 69 heavy (non-hydrogen) atoms. The van der Waals surface area contributed by atoms with Gasteiger partial charge >= 0.3 is 0 Å². The summed E-state index contributed by atoms with van der Waals surface area (Å²) in [6.07, 6.45) is 7.89. The van der Waals surface area contributed by atoms with Gasteiger partial charge in [0, 0.05) is 0 Å². The minimum absolute atomic E-state index is 0.465. The van der Waals surface area contributed by atoms with Crippen molar-refractivity contribution < 1.29 is 0 Å². The third kappa shape index (κ3) is 7.25. The molecule has 0 spiro atoms. The fourth-order valence-corrected chi connectivity index (χ4v) is 11.3. The molecule has 1 atom stereocenters. The van der Waals surface area contributed by atoms with E-state index in [1.54, 1.807) is 0 Å². The summed E-state index contributed by atoms with van der Waals surface area (Å²) in [6.45, 7) is 2.32. The molecule has 0 saturated heterocycles. The van der Waals surface area contributed by atoms with Gasteiger partial charge in [0.2, 0.25) is 0 Å². The summed E-state index contributed by atoms with van der Waals surface area (Å²) >= 11 is 0. The largest absolute Gasteiger partial charge is 0.0814 e. The van der Waals surface area contributed by atoms with E-state index >= 15 is 0 Å². The minimum Gasteiger partial charge on any atom is -0.0814 e. The van der Waals surface area contributed by atoms with Gasteiger partial charge in [-0.15, -0.1) is 0 Å². The predicted molar refractivity (Wildman–Crippen MR) is 297 cm³/mol. The normalized spacial score (nSPS) is 13.7. The Hall–Kier alpha value is -8.58. The van der Waals surface area contributed by atoms with Gasteiger partial charge in [-0.2, -0.15) is 0 Å². The van der Waals surface area contributed by atoms with E-state index in [0.29, 0.717) is 5.92 Å². The molecule has 0 aliphatic heterocycles. The number of allylic oxidation sites excluding steroid dienone is 4. The molecule has 1 unspecified atom stereocenters. The fraction of sp³-hybridized carbons (Fsp3) is 0.0435. The van der Waals surface area contributed by atoms with Crippen molar-refractivity contribution in [1.29, 1.82) is 0 Å². The minimum atomic E-state index is 0.465. The van der Waals surface area contributed by atoms with Crippen LogP contribution >= 0.6 is 0 Å². The lowest BCUT2D eigenvalue weighted by atomic mass is 9.82. The second-order valence-corrected chi connectivity index (χ2v) is 18.9. The van der Waals surface area contributed by atoms with Crippen molar-refractivity contribution >= 4 is 59.4 Å². The first-order chi connectivity index (χ1) is 34.1. The second kappa shape index (κ2) is 16.9. The van der Waals surface area contributed by atoms with Crippen molar-refractivity contribution in [2.75, 3.05) is 0 Å². The van der Waals surface area contributed by atoms with Crippen LogP contribution in [0.2, 0.25) is 0 Å². The molecule has 0 saturated carbocycles. The zero-order chi connectivity index (χ0) is 45.8. The molecule has 324 valence electrons. The quantitative estimate of drug-likeness (QED) is 0.111. The van der Waals surface area contributed by atoms with E-state index in [0.717, 1.165) is 6.42 Å². The van der Waals surface area contributed by atoms with Crippen molar-refractivity contribution in [3.63, 3.8) is 0 Å². The van der Waals surface area contributed by atoms with Crippen molar-refractivity contribution in [2.24, 2.45) is 5.92 Å².